The Morgan fingerprint density at radius 3 is 2.71 bits per heavy atom. The number of aromatic amines is 1. The first-order chi connectivity index (χ1) is 10.0. The Bertz CT molecular complexity index is 671. The summed E-state index contributed by atoms with van der Waals surface area (Å²) in [5.74, 6) is 1.64. The fourth-order valence-corrected chi connectivity index (χ4v) is 2.76. The number of H-pyrrole nitrogens is 1. The van der Waals surface area contributed by atoms with Crippen molar-refractivity contribution < 1.29 is 0 Å². The van der Waals surface area contributed by atoms with Crippen LogP contribution in [0.1, 0.15) is 44.1 Å². The molecule has 1 aromatic carbocycles. The minimum Gasteiger partial charge on any atom is -0.343 e. The van der Waals surface area contributed by atoms with Gasteiger partial charge in [-0.2, -0.15) is 0 Å². The Hall–Kier alpha value is -1.48. The van der Waals surface area contributed by atoms with Crippen LogP contribution < -0.4 is 0 Å². The number of hydrogen-bond acceptors (Lipinski definition) is 2. The molecule has 0 bridgehead atoms. The number of rotatable bonds is 5. The average molecular weight is 300 g/mol. The van der Waals surface area contributed by atoms with Crippen LogP contribution in [0.3, 0.4) is 0 Å². The van der Waals surface area contributed by atoms with E-state index >= 15 is 0 Å². The van der Waals surface area contributed by atoms with Crippen LogP contribution in [0.25, 0.3) is 11.3 Å². The molecule has 1 heterocycles. The summed E-state index contributed by atoms with van der Waals surface area (Å²) in [5.41, 5.74) is 4.75. The summed E-state index contributed by atoms with van der Waals surface area (Å²) in [6, 6.07) is 8.74. The molecule has 2 nitrogen and oxygen atoms in total. The predicted octanol–water partition coefficient (Wildman–Crippen LogP) is 5.27. The second kappa shape index (κ2) is 6.99. The number of nitrogens with zero attached hydrogens (tertiary/aromatic N) is 1. The van der Waals surface area contributed by atoms with Crippen LogP contribution in [0.2, 0.25) is 0 Å². The van der Waals surface area contributed by atoms with Crippen molar-refractivity contribution in [1.29, 1.82) is 0 Å². The number of hydrogen-bond donors (Lipinski definition) is 1. The van der Waals surface area contributed by atoms with E-state index in [0.717, 1.165) is 36.3 Å². The van der Waals surface area contributed by atoms with Gasteiger partial charge in [-0.1, -0.05) is 51.2 Å². The normalized spacial score (nSPS) is 11.1. The zero-order chi connectivity index (χ0) is 15.4. The highest BCUT2D eigenvalue weighted by molar-refractivity contribution is 7.71. The molecule has 21 heavy (non-hydrogen) atoms. The van der Waals surface area contributed by atoms with Gasteiger partial charge < -0.3 is 4.98 Å². The maximum absolute atomic E-state index is 5.41. The first kappa shape index (κ1) is 15.9. The molecule has 1 aromatic heterocycles. The molecule has 0 saturated carbocycles. The molecule has 112 valence electrons. The summed E-state index contributed by atoms with van der Waals surface area (Å²) in [6.07, 6.45) is 3.09. The van der Waals surface area contributed by atoms with Crippen LogP contribution in [-0.4, -0.2) is 9.97 Å². The van der Waals surface area contributed by atoms with E-state index in [4.69, 9.17) is 12.2 Å². The van der Waals surface area contributed by atoms with Gasteiger partial charge in [0.05, 0.1) is 5.69 Å². The highest BCUT2D eigenvalue weighted by Gasteiger charge is 2.08. The summed E-state index contributed by atoms with van der Waals surface area (Å²) in [7, 11) is 0. The fraction of sp³-hybridized carbons (Fsp3) is 0.444. The van der Waals surface area contributed by atoms with Crippen molar-refractivity contribution in [3.63, 3.8) is 0 Å². The predicted molar refractivity (Wildman–Crippen MR) is 92.1 cm³/mol. The molecule has 3 heteroatoms. The minimum absolute atomic E-state index is 0.660. The SMILES string of the molecule is CCCc1nc(=S)c(C)c(-c2cccc(CC(C)C)c2)[nH]1. The Labute approximate surface area is 132 Å². The quantitative estimate of drug-likeness (QED) is 0.762. The highest BCUT2D eigenvalue weighted by atomic mass is 32.1. The summed E-state index contributed by atoms with van der Waals surface area (Å²) in [4.78, 5) is 7.95. The van der Waals surface area contributed by atoms with Gasteiger partial charge in [0.15, 0.2) is 0 Å². The van der Waals surface area contributed by atoms with Crippen molar-refractivity contribution in [2.75, 3.05) is 0 Å². The molecule has 0 spiro atoms. The third kappa shape index (κ3) is 4.01. The molecule has 0 unspecified atom stereocenters. The Kier molecular flexibility index (Phi) is 5.29. The lowest BCUT2D eigenvalue weighted by Crippen LogP contribution is -2.01. The van der Waals surface area contributed by atoms with Crippen molar-refractivity contribution in [3.05, 3.63) is 45.9 Å². The zero-order valence-electron chi connectivity index (χ0n) is 13.4. The van der Waals surface area contributed by atoms with Gasteiger partial charge in [-0.15, -0.1) is 0 Å². The lowest BCUT2D eigenvalue weighted by atomic mass is 9.99. The maximum Gasteiger partial charge on any atom is 0.133 e. The summed E-state index contributed by atoms with van der Waals surface area (Å²) in [5, 5.41) is 0. The van der Waals surface area contributed by atoms with E-state index in [1.165, 1.54) is 11.1 Å². The van der Waals surface area contributed by atoms with Crippen molar-refractivity contribution in [2.45, 2.75) is 47.0 Å². The van der Waals surface area contributed by atoms with E-state index in [1.54, 1.807) is 0 Å². The molecule has 0 aliphatic carbocycles. The van der Waals surface area contributed by atoms with E-state index < -0.39 is 0 Å². The van der Waals surface area contributed by atoms with E-state index in [9.17, 15) is 0 Å². The molecule has 0 radical (unpaired) electrons. The van der Waals surface area contributed by atoms with E-state index in [2.05, 4.69) is 55.0 Å². The molecule has 0 fully saturated rings. The van der Waals surface area contributed by atoms with Gasteiger partial charge in [-0.05, 0) is 42.9 Å². The van der Waals surface area contributed by atoms with E-state index in [1.807, 2.05) is 6.92 Å². The lowest BCUT2D eigenvalue weighted by Gasteiger charge is -2.11. The molecule has 0 saturated heterocycles. The molecule has 0 aliphatic heterocycles. The van der Waals surface area contributed by atoms with Crippen molar-refractivity contribution in [3.8, 4) is 11.3 Å². The van der Waals surface area contributed by atoms with E-state index in [-0.39, 0.29) is 0 Å². The van der Waals surface area contributed by atoms with Crippen LogP contribution in [0.15, 0.2) is 24.3 Å². The number of aryl methyl sites for hydroxylation is 1. The maximum atomic E-state index is 5.41. The molecule has 0 aliphatic rings. The third-order valence-electron chi connectivity index (χ3n) is 3.55. The molecule has 2 aromatic rings. The van der Waals surface area contributed by atoms with Gasteiger partial charge in [-0.25, -0.2) is 4.98 Å². The van der Waals surface area contributed by atoms with Crippen LogP contribution in [0.4, 0.5) is 0 Å². The van der Waals surface area contributed by atoms with Gasteiger partial charge in [0.1, 0.15) is 10.5 Å². The topological polar surface area (TPSA) is 28.7 Å². The summed E-state index contributed by atoms with van der Waals surface area (Å²) >= 11 is 5.41. The molecular weight excluding hydrogens is 276 g/mol. The van der Waals surface area contributed by atoms with Crippen LogP contribution >= 0.6 is 12.2 Å². The number of aromatic nitrogens is 2. The lowest BCUT2D eigenvalue weighted by molar-refractivity contribution is 0.647. The van der Waals surface area contributed by atoms with Crippen LogP contribution in [0, 0.1) is 17.5 Å². The Balaban J connectivity index is 2.48. The van der Waals surface area contributed by atoms with Crippen molar-refractivity contribution >= 4 is 12.2 Å². The standard InChI is InChI=1S/C18H24N2S/c1-5-7-16-19-17(13(4)18(21)20-16)15-9-6-8-14(11-15)10-12(2)3/h6,8-9,11-12H,5,7,10H2,1-4H3,(H,19,20,21). The van der Waals surface area contributed by atoms with Gasteiger partial charge in [0, 0.05) is 12.0 Å². The second-order valence-corrected chi connectivity index (χ2v) is 6.42. The first-order valence-corrected chi connectivity index (χ1v) is 8.11. The second-order valence-electron chi connectivity index (χ2n) is 6.04. The van der Waals surface area contributed by atoms with Crippen molar-refractivity contribution in [2.24, 2.45) is 5.92 Å². The third-order valence-corrected chi connectivity index (χ3v) is 3.95. The van der Waals surface area contributed by atoms with Crippen LogP contribution in [-0.2, 0) is 12.8 Å². The first-order valence-electron chi connectivity index (χ1n) is 7.70. The zero-order valence-corrected chi connectivity index (χ0v) is 14.2. The molecule has 2 rings (SSSR count). The van der Waals surface area contributed by atoms with Gasteiger partial charge in [-0.3, -0.25) is 0 Å². The van der Waals surface area contributed by atoms with Crippen LogP contribution in [0.5, 0.6) is 0 Å². The summed E-state index contributed by atoms with van der Waals surface area (Å²) < 4.78 is 0.710. The summed E-state index contributed by atoms with van der Waals surface area (Å²) in [6.45, 7) is 8.70. The Morgan fingerprint density at radius 2 is 2.05 bits per heavy atom. The van der Waals surface area contributed by atoms with E-state index in [0.29, 0.717) is 10.6 Å². The monoisotopic (exact) mass is 300 g/mol. The van der Waals surface area contributed by atoms with Gasteiger partial charge in [0.25, 0.3) is 0 Å². The molecule has 1 N–H and O–H groups in total. The molecule has 0 amide bonds. The average Bonchev–Trinajstić information content (AvgIpc) is 2.42. The number of benzene rings is 1. The van der Waals surface area contributed by atoms with Gasteiger partial charge in [0.2, 0.25) is 0 Å². The number of nitrogens with one attached hydrogen (secondary N) is 1. The van der Waals surface area contributed by atoms with Gasteiger partial charge >= 0.3 is 0 Å². The largest absolute Gasteiger partial charge is 0.343 e. The fourth-order valence-electron chi connectivity index (χ4n) is 2.55. The molecule has 0 atom stereocenters. The smallest absolute Gasteiger partial charge is 0.133 e. The Morgan fingerprint density at radius 1 is 1.29 bits per heavy atom. The minimum atomic E-state index is 0.660. The van der Waals surface area contributed by atoms with Crippen molar-refractivity contribution in [1.82, 2.24) is 9.97 Å². The molecular formula is C18H24N2S. The highest BCUT2D eigenvalue weighted by Crippen LogP contribution is 2.24.